The molecule has 0 spiro atoms. The van der Waals surface area contributed by atoms with E-state index in [1.165, 1.54) is 6.42 Å². The van der Waals surface area contributed by atoms with Gasteiger partial charge in [-0.2, -0.15) is 0 Å². The van der Waals surface area contributed by atoms with Crippen molar-refractivity contribution in [3.8, 4) is 0 Å². The molecule has 3 atom stereocenters. The van der Waals surface area contributed by atoms with Crippen LogP contribution in [0.4, 0.5) is 0 Å². The SMILES string of the molecule is CCCC(CCNC(=O)C1CC2CC2C1)CCC(=O)O. The zero-order valence-electron chi connectivity index (χ0n) is 12.4. The molecule has 2 aliphatic rings. The van der Waals surface area contributed by atoms with E-state index in [0.717, 1.165) is 50.4 Å². The lowest BCUT2D eigenvalue weighted by atomic mass is 9.94. The van der Waals surface area contributed by atoms with E-state index in [4.69, 9.17) is 5.11 Å². The van der Waals surface area contributed by atoms with Gasteiger partial charge in [-0.3, -0.25) is 9.59 Å². The molecular weight excluding hydrogens is 254 g/mol. The van der Waals surface area contributed by atoms with Crippen LogP contribution in [0.3, 0.4) is 0 Å². The van der Waals surface area contributed by atoms with Crippen LogP contribution in [0, 0.1) is 23.7 Å². The van der Waals surface area contributed by atoms with Gasteiger partial charge in [-0.25, -0.2) is 0 Å². The number of aliphatic carboxylic acids is 1. The predicted molar refractivity (Wildman–Crippen MR) is 77.2 cm³/mol. The first-order chi connectivity index (χ1) is 9.60. The first-order valence-electron chi connectivity index (χ1n) is 8.09. The van der Waals surface area contributed by atoms with Gasteiger partial charge in [0.25, 0.3) is 0 Å². The minimum Gasteiger partial charge on any atom is -0.481 e. The van der Waals surface area contributed by atoms with Gasteiger partial charge in [0.2, 0.25) is 5.91 Å². The molecule has 2 saturated carbocycles. The van der Waals surface area contributed by atoms with E-state index in [0.29, 0.717) is 12.5 Å². The number of hydrogen-bond acceptors (Lipinski definition) is 2. The van der Waals surface area contributed by atoms with Crippen LogP contribution >= 0.6 is 0 Å². The molecular formula is C16H27NO3. The van der Waals surface area contributed by atoms with Gasteiger partial charge in [0.1, 0.15) is 0 Å². The van der Waals surface area contributed by atoms with Crippen LogP contribution in [-0.2, 0) is 9.59 Å². The van der Waals surface area contributed by atoms with Crippen LogP contribution in [0.1, 0.15) is 58.3 Å². The van der Waals surface area contributed by atoms with Crippen LogP contribution in [0.2, 0.25) is 0 Å². The van der Waals surface area contributed by atoms with Crippen LogP contribution in [0.15, 0.2) is 0 Å². The van der Waals surface area contributed by atoms with Gasteiger partial charge < -0.3 is 10.4 Å². The lowest BCUT2D eigenvalue weighted by Gasteiger charge is -2.17. The third kappa shape index (κ3) is 4.50. The first kappa shape index (κ1) is 15.3. The number of carboxylic acid groups (broad SMARTS) is 1. The predicted octanol–water partition coefficient (Wildman–Crippen LogP) is 2.82. The van der Waals surface area contributed by atoms with Crippen LogP contribution in [0.25, 0.3) is 0 Å². The lowest BCUT2D eigenvalue weighted by molar-refractivity contribution is -0.137. The van der Waals surface area contributed by atoms with E-state index < -0.39 is 5.97 Å². The van der Waals surface area contributed by atoms with E-state index in [1.54, 1.807) is 0 Å². The molecule has 0 radical (unpaired) electrons. The molecule has 2 rings (SSSR count). The highest BCUT2D eigenvalue weighted by Crippen LogP contribution is 2.54. The highest BCUT2D eigenvalue weighted by molar-refractivity contribution is 5.79. The van der Waals surface area contributed by atoms with Crippen molar-refractivity contribution in [3.63, 3.8) is 0 Å². The number of fused-ring (bicyclic) bond motifs is 1. The number of carbonyl (C=O) groups is 2. The summed E-state index contributed by atoms with van der Waals surface area (Å²) in [5.41, 5.74) is 0. The Morgan fingerprint density at radius 2 is 1.85 bits per heavy atom. The fourth-order valence-electron chi connectivity index (χ4n) is 3.64. The molecule has 0 heterocycles. The number of rotatable bonds is 9. The van der Waals surface area contributed by atoms with Gasteiger partial charge >= 0.3 is 5.97 Å². The van der Waals surface area contributed by atoms with Crippen molar-refractivity contribution in [3.05, 3.63) is 0 Å². The van der Waals surface area contributed by atoms with Crippen molar-refractivity contribution in [2.45, 2.75) is 58.3 Å². The molecule has 0 bridgehead atoms. The Hall–Kier alpha value is -1.06. The van der Waals surface area contributed by atoms with Crippen molar-refractivity contribution in [2.75, 3.05) is 6.54 Å². The molecule has 0 aromatic carbocycles. The summed E-state index contributed by atoms with van der Waals surface area (Å²) in [4.78, 5) is 22.6. The molecule has 1 amide bonds. The van der Waals surface area contributed by atoms with Crippen molar-refractivity contribution in [1.29, 1.82) is 0 Å². The Balaban J connectivity index is 1.61. The number of hydrogen-bond donors (Lipinski definition) is 2. The number of carbonyl (C=O) groups excluding carboxylic acids is 1. The van der Waals surface area contributed by atoms with Gasteiger partial charge in [0.05, 0.1) is 0 Å². The van der Waals surface area contributed by atoms with E-state index >= 15 is 0 Å². The average Bonchev–Trinajstić information content (AvgIpc) is 3.02. The first-order valence-corrected chi connectivity index (χ1v) is 8.09. The summed E-state index contributed by atoms with van der Waals surface area (Å²) in [6.45, 7) is 2.83. The second-order valence-corrected chi connectivity index (χ2v) is 6.59. The quantitative estimate of drug-likeness (QED) is 0.683. The number of carboxylic acids is 1. The maximum atomic E-state index is 12.0. The Labute approximate surface area is 121 Å². The largest absolute Gasteiger partial charge is 0.481 e. The van der Waals surface area contributed by atoms with E-state index in [2.05, 4.69) is 12.2 Å². The van der Waals surface area contributed by atoms with Crippen LogP contribution < -0.4 is 5.32 Å². The van der Waals surface area contributed by atoms with E-state index in [-0.39, 0.29) is 18.2 Å². The van der Waals surface area contributed by atoms with Crippen molar-refractivity contribution in [2.24, 2.45) is 23.7 Å². The summed E-state index contributed by atoms with van der Waals surface area (Å²) >= 11 is 0. The molecule has 4 nitrogen and oxygen atoms in total. The van der Waals surface area contributed by atoms with Crippen LogP contribution in [0.5, 0.6) is 0 Å². The Morgan fingerprint density at radius 1 is 1.15 bits per heavy atom. The Morgan fingerprint density at radius 3 is 2.45 bits per heavy atom. The molecule has 2 fully saturated rings. The number of amides is 1. The number of nitrogens with one attached hydrogen (secondary N) is 1. The minimum absolute atomic E-state index is 0.227. The average molecular weight is 281 g/mol. The van der Waals surface area contributed by atoms with Gasteiger partial charge in [-0.15, -0.1) is 0 Å². The summed E-state index contributed by atoms with van der Waals surface area (Å²) in [7, 11) is 0. The smallest absolute Gasteiger partial charge is 0.303 e. The Kier molecular flexibility index (Phi) is 5.44. The second-order valence-electron chi connectivity index (χ2n) is 6.59. The standard InChI is InChI=1S/C16H27NO3/c1-2-3-11(4-5-15(18)19)6-7-17-16(20)14-9-12-8-13(12)10-14/h11-14H,2-10H2,1H3,(H,17,20)(H,18,19). The van der Waals surface area contributed by atoms with Crippen LogP contribution in [-0.4, -0.2) is 23.5 Å². The van der Waals surface area contributed by atoms with Crippen molar-refractivity contribution >= 4 is 11.9 Å². The maximum Gasteiger partial charge on any atom is 0.303 e. The molecule has 2 N–H and O–H groups in total. The summed E-state index contributed by atoms with van der Waals surface area (Å²) in [6, 6.07) is 0. The summed E-state index contributed by atoms with van der Waals surface area (Å²) < 4.78 is 0. The highest BCUT2D eigenvalue weighted by Gasteiger charge is 2.47. The van der Waals surface area contributed by atoms with Gasteiger partial charge in [0.15, 0.2) is 0 Å². The van der Waals surface area contributed by atoms with E-state index in [1.807, 2.05) is 0 Å². The molecule has 0 saturated heterocycles. The van der Waals surface area contributed by atoms with Crippen molar-refractivity contribution in [1.82, 2.24) is 5.32 Å². The summed E-state index contributed by atoms with van der Waals surface area (Å²) in [6.07, 6.45) is 7.53. The molecule has 0 aromatic rings. The lowest BCUT2D eigenvalue weighted by Crippen LogP contribution is -2.31. The minimum atomic E-state index is -0.722. The summed E-state index contributed by atoms with van der Waals surface area (Å²) in [5.74, 6) is 1.87. The third-order valence-electron chi connectivity index (χ3n) is 4.93. The van der Waals surface area contributed by atoms with Gasteiger partial charge in [-0.1, -0.05) is 19.8 Å². The van der Waals surface area contributed by atoms with E-state index in [9.17, 15) is 9.59 Å². The van der Waals surface area contributed by atoms with Gasteiger partial charge in [0, 0.05) is 18.9 Å². The second kappa shape index (κ2) is 7.09. The molecule has 3 unspecified atom stereocenters. The molecule has 114 valence electrons. The zero-order chi connectivity index (χ0) is 14.5. The fourth-order valence-corrected chi connectivity index (χ4v) is 3.64. The van der Waals surface area contributed by atoms with Crippen molar-refractivity contribution < 1.29 is 14.7 Å². The monoisotopic (exact) mass is 281 g/mol. The fraction of sp³-hybridized carbons (Fsp3) is 0.875. The molecule has 2 aliphatic carbocycles. The molecule has 20 heavy (non-hydrogen) atoms. The molecule has 0 aromatic heterocycles. The topological polar surface area (TPSA) is 66.4 Å². The highest BCUT2D eigenvalue weighted by atomic mass is 16.4. The Bertz CT molecular complexity index is 346. The zero-order valence-corrected chi connectivity index (χ0v) is 12.4. The molecule has 0 aliphatic heterocycles. The molecule has 4 heteroatoms. The normalized spacial score (nSPS) is 28.8. The maximum absolute atomic E-state index is 12.0. The summed E-state index contributed by atoms with van der Waals surface area (Å²) in [5, 5.41) is 11.8. The third-order valence-corrected chi connectivity index (χ3v) is 4.93. The van der Waals surface area contributed by atoms with Gasteiger partial charge in [-0.05, 0) is 49.9 Å².